The van der Waals surface area contributed by atoms with Crippen LogP contribution in [0.3, 0.4) is 0 Å². The van der Waals surface area contributed by atoms with E-state index in [2.05, 4.69) is 0 Å². The second-order valence-electron chi connectivity index (χ2n) is 4.30. The van der Waals surface area contributed by atoms with Gasteiger partial charge in [-0.3, -0.25) is 14.8 Å². The van der Waals surface area contributed by atoms with Gasteiger partial charge >= 0.3 is 0 Å². The van der Waals surface area contributed by atoms with Crippen LogP contribution < -0.4 is 11.0 Å². The van der Waals surface area contributed by atoms with Crippen molar-refractivity contribution in [3.8, 4) is 0 Å². The van der Waals surface area contributed by atoms with Gasteiger partial charge in [0.25, 0.3) is 11.5 Å². The average Bonchev–Trinajstić information content (AvgIpc) is 2.50. The Balaban J connectivity index is 2.30. The molecule has 108 valence electrons. The van der Waals surface area contributed by atoms with Gasteiger partial charge in [0.2, 0.25) is 0 Å². The van der Waals surface area contributed by atoms with E-state index < -0.39 is 5.91 Å². The van der Waals surface area contributed by atoms with Crippen molar-refractivity contribution < 1.29 is 14.4 Å². The highest BCUT2D eigenvalue weighted by Gasteiger charge is 2.05. The van der Waals surface area contributed by atoms with E-state index in [-0.39, 0.29) is 23.5 Å². The number of pyridine rings is 1. The van der Waals surface area contributed by atoms with Crippen LogP contribution in [0, 0.1) is 5.82 Å². The topological polar surface area (TPSA) is 71.3 Å². The first-order valence-electron chi connectivity index (χ1n) is 6.17. The molecular weight excluding hydrogens is 275 g/mol. The number of nitrogens with zero attached hydrogens (tertiary/aromatic N) is 1. The quantitative estimate of drug-likeness (QED) is 0.509. The molecule has 6 heteroatoms. The Morgan fingerprint density at radius 3 is 2.76 bits per heavy atom. The predicted molar refractivity (Wildman–Crippen MR) is 75.2 cm³/mol. The monoisotopic (exact) mass is 288 g/mol. The Hall–Kier alpha value is -2.73. The molecule has 0 spiro atoms. The van der Waals surface area contributed by atoms with E-state index in [4.69, 9.17) is 5.21 Å². The van der Waals surface area contributed by atoms with Crippen LogP contribution in [0.15, 0.2) is 53.5 Å². The van der Waals surface area contributed by atoms with E-state index in [1.807, 2.05) is 0 Å². The molecule has 1 amide bonds. The number of amides is 1. The number of carbonyl (C=O) groups is 1. The van der Waals surface area contributed by atoms with Crippen molar-refractivity contribution in [2.24, 2.45) is 0 Å². The first-order chi connectivity index (χ1) is 10.1. The van der Waals surface area contributed by atoms with Crippen molar-refractivity contribution in [1.82, 2.24) is 10.0 Å². The number of benzene rings is 1. The molecule has 0 atom stereocenters. The largest absolute Gasteiger partial charge is 0.310 e. The molecule has 0 aliphatic heterocycles. The summed E-state index contributed by atoms with van der Waals surface area (Å²) in [6.45, 7) is 0.0966. The molecule has 5 nitrogen and oxygen atoms in total. The third-order valence-electron chi connectivity index (χ3n) is 2.87. The van der Waals surface area contributed by atoms with Gasteiger partial charge in [0.15, 0.2) is 0 Å². The van der Waals surface area contributed by atoms with Gasteiger partial charge in [-0.05, 0) is 24.3 Å². The van der Waals surface area contributed by atoms with Crippen molar-refractivity contribution in [1.29, 1.82) is 0 Å². The highest BCUT2D eigenvalue weighted by Crippen LogP contribution is 2.07. The fraction of sp³-hybridized carbons (Fsp3) is 0.0667. The van der Waals surface area contributed by atoms with Crippen LogP contribution in [0.25, 0.3) is 6.08 Å². The third kappa shape index (κ3) is 3.64. The molecule has 0 saturated heterocycles. The maximum Gasteiger partial charge on any atom is 0.267 e. The first kappa shape index (κ1) is 14.7. The SMILES string of the molecule is O=C(/C=C/c1cccn(Cc2ccccc2F)c1=O)NO. The van der Waals surface area contributed by atoms with Crippen LogP contribution in [0.1, 0.15) is 11.1 Å². The number of rotatable bonds is 4. The minimum Gasteiger partial charge on any atom is -0.310 e. The lowest BCUT2D eigenvalue weighted by atomic mass is 10.2. The standard InChI is InChI=1S/C15H13FN2O3/c16-13-6-2-1-4-12(13)10-18-9-3-5-11(15(18)20)7-8-14(19)17-21/h1-9,21H,10H2,(H,17,19)/b8-7+. The van der Waals surface area contributed by atoms with Gasteiger partial charge in [0.05, 0.1) is 6.54 Å². The van der Waals surface area contributed by atoms with Crippen LogP contribution >= 0.6 is 0 Å². The van der Waals surface area contributed by atoms with Crippen LogP contribution in [0.4, 0.5) is 4.39 Å². The van der Waals surface area contributed by atoms with Crippen molar-refractivity contribution in [3.05, 3.63) is 76.0 Å². The van der Waals surface area contributed by atoms with E-state index in [9.17, 15) is 14.0 Å². The van der Waals surface area contributed by atoms with Crippen molar-refractivity contribution in [2.75, 3.05) is 0 Å². The fourth-order valence-electron chi connectivity index (χ4n) is 1.82. The zero-order valence-corrected chi connectivity index (χ0v) is 11.0. The summed E-state index contributed by atoms with van der Waals surface area (Å²) in [6.07, 6.45) is 3.86. The number of nitrogens with one attached hydrogen (secondary N) is 1. The Bertz CT molecular complexity index is 738. The molecule has 2 rings (SSSR count). The molecule has 21 heavy (non-hydrogen) atoms. The van der Waals surface area contributed by atoms with Crippen LogP contribution in [0.5, 0.6) is 0 Å². The van der Waals surface area contributed by atoms with Crippen molar-refractivity contribution in [2.45, 2.75) is 6.54 Å². The Labute approximate surface area is 119 Å². The van der Waals surface area contributed by atoms with E-state index in [0.29, 0.717) is 5.56 Å². The lowest BCUT2D eigenvalue weighted by molar-refractivity contribution is -0.124. The molecule has 1 aromatic heterocycles. The Morgan fingerprint density at radius 1 is 1.29 bits per heavy atom. The number of hydrogen-bond acceptors (Lipinski definition) is 3. The summed E-state index contributed by atoms with van der Waals surface area (Å²) in [6, 6.07) is 9.35. The molecule has 0 unspecified atom stereocenters. The summed E-state index contributed by atoms with van der Waals surface area (Å²) in [4.78, 5) is 23.1. The Kier molecular flexibility index (Phi) is 4.63. The number of carbonyl (C=O) groups excluding carboxylic acids is 1. The zero-order chi connectivity index (χ0) is 15.2. The van der Waals surface area contributed by atoms with Gasteiger partial charge in [-0.15, -0.1) is 0 Å². The van der Waals surface area contributed by atoms with Crippen LogP contribution in [-0.4, -0.2) is 15.7 Å². The van der Waals surface area contributed by atoms with E-state index in [0.717, 1.165) is 6.08 Å². The molecule has 0 radical (unpaired) electrons. The number of hydroxylamine groups is 1. The van der Waals surface area contributed by atoms with Crippen molar-refractivity contribution >= 4 is 12.0 Å². The second-order valence-corrected chi connectivity index (χ2v) is 4.30. The molecule has 0 saturated carbocycles. The van der Waals surface area contributed by atoms with Gasteiger partial charge < -0.3 is 4.57 Å². The first-order valence-corrected chi connectivity index (χ1v) is 6.17. The predicted octanol–water partition coefficient (Wildman–Crippen LogP) is 1.55. The van der Waals surface area contributed by atoms with Gasteiger partial charge in [0.1, 0.15) is 5.82 Å². The van der Waals surface area contributed by atoms with E-state index in [1.54, 1.807) is 24.3 Å². The maximum absolute atomic E-state index is 13.6. The molecule has 2 N–H and O–H groups in total. The smallest absolute Gasteiger partial charge is 0.267 e. The second kappa shape index (κ2) is 6.62. The minimum absolute atomic E-state index is 0.0966. The molecule has 0 aliphatic rings. The summed E-state index contributed by atoms with van der Waals surface area (Å²) in [5.74, 6) is -1.12. The van der Waals surface area contributed by atoms with E-state index >= 15 is 0 Å². The molecule has 0 bridgehead atoms. The number of hydrogen-bond donors (Lipinski definition) is 2. The molecule has 1 heterocycles. The fourth-order valence-corrected chi connectivity index (χ4v) is 1.82. The summed E-state index contributed by atoms with van der Waals surface area (Å²) in [5, 5.41) is 8.39. The molecule has 2 aromatic rings. The Morgan fingerprint density at radius 2 is 2.05 bits per heavy atom. The average molecular weight is 288 g/mol. The van der Waals surface area contributed by atoms with Crippen LogP contribution in [-0.2, 0) is 11.3 Å². The third-order valence-corrected chi connectivity index (χ3v) is 2.87. The van der Waals surface area contributed by atoms with Gasteiger partial charge in [0, 0.05) is 23.4 Å². The van der Waals surface area contributed by atoms with Crippen molar-refractivity contribution in [3.63, 3.8) is 0 Å². The lowest BCUT2D eigenvalue weighted by Gasteiger charge is -2.07. The van der Waals surface area contributed by atoms with Gasteiger partial charge in [-0.1, -0.05) is 18.2 Å². The van der Waals surface area contributed by atoms with Gasteiger partial charge in [-0.2, -0.15) is 0 Å². The summed E-state index contributed by atoms with van der Waals surface area (Å²) in [5.41, 5.74) is 1.73. The molecule has 0 fully saturated rings. The summed E-state index contributed by atoms with van der Waals surface area (Å²) < 4.78 is 14.9. The molecule has 0 aliphatic carbocycles. The van der Waals surface area contributed by atoms with Gasteiger partial charge in [-0.25, -0.2) is 9.87 Å². The van der Waals surface area contributed by atoms with Crippen LogP contribution in [0.2, 0.25) is 0 Å². The minimum atomic E-state index is -0.737. The zero-order valence-electron chi connectivity index (χ0n) is 11.0. The molecular formula is C15H13FN2O3. The van der Waals surface area contributed by atoms with E-state index in [1.165, 1.54) is 34.5 Å². The maximum atomic E-state index is 13.6. The summed E-state index contributed by atoms with van der Waals surface area (Å²) in [7, 11) is 0. The summed E-state index contributed by atoms with van der Waals surface area (Å²) >= 11 is 0. The highest BCUT2D eigenvalue weighted by molar-refractivity contribution is 5.90. The normalized spacial score (nSPS) is 10.8. The molecule has 1 aromatic carbocycles. The number of aromatic nitrogens is 1. The highest BCUT2D eigenvalue weighted by atomic mass is 19.1. The lowest BCUT2D eigenvalue weighted by Crippen LogP contribution is -2.22. The number of halogens is 1.